The Morgan fingerprint density at radius 1 is 1.18 bits per heavy atom. The van der Waals surface area contributed by atoms with Gasteiger partial charge in [-0.2, -0.15) is 0 Å². The molecule has 1 aliphatic rings. The lowest BCUT2D eigenvalue weighted by Gasteiger charge is -2.32. The molecule has 3 aromatic rings. The van der Waals surface area contributed by atoms with Gasteiger partial charge in [0.15, 0.2) is 5.60 Å². The molecule has 0 aliphatic carbocycles. The number of aliphatic carboxylic acids is 1. The molecule has 2 heterocycles. The van der Waals surface area contributed by atoms with Crippen molar-refractivity contribution in [3.05, 3.63) is 89.5 Å². The van der Waals surface area contributed by atoms with Gasteiger partial charge in [0.1, 0.15) is 18.2 Å². The molecule has 1 aliphatic heterocycles. The number of aromatic nitrogens is 1. The SMILES string of the molecule is N[C@@H](COc1ccc(F)cc1)[C@](O)(Cc1cc(N2CCc3ccccc3C2)ccn1)C(=O)O. The molecule has 0 amide bonds. The number of carbonyl (C=O) groups is 1. The number of fused-ring (bicyclic) bond motifs is 1. The summed E-state index contributed by atoms with van der Waals surface area (Å²) in [6, 6.07) is 16.0. The smallest absolute Gasteiger partial charge is 0.337 e. The van der Waals surface area contributed by atoms with E-state index >= 15 is 0 Å². The minimum absolute atomic E-state index is 0.267. The van der Waals surface area contributed by atoms with E-state index in [9.17, 15) is 19.4 Å². The van der Waals surface area contributed by atoms with Crippen molar-refractivity contribution in [2.75, 3.05) is 18.1 Å². The average molecular weight is 451 g/mol. The van der Waals surface area contributed by atoms with Gasteiger partial charge in [-0.05, 0) is 53.9 Å². The van der Waals surface area contributed by atoms with Gasteiger partial charge >= 0.3 is 5.97 Å². The number of hydrogen-bond acceptors (Lipinski definition) is 6. The zero-order valence-electron chi connectivity index (χ0n) is 18.0. The van der Waals surface area contributed by atoms with E-state index in [0.717, 1.165) is 25.2 Å². The standard InChI is InChI=1S/C25H26FN3O4/c26-19-5-7-22(8-6-19)33-16-23(27)25(32,24(30)31)14-20-13-21(9-11-28-20)29-12-10-17-3-1-2-4-18(17)15-29/h1-9,11,13,23,32H,10,12,14-16,27H2,(H,30,31)/t23-,25+/m0/s1. The molecule has 0 unspecified atom stereocenters. The fraction of sp³-hybridized carbons (Fsp3) is 0.280. The highest BCUT2D eigenvalue weighted by atomic mass is 19.1. The molecule has 2 aromatic carbocycles. The van der Waals surface area contributed by atoms with Crippen LogP contribution in [-0.4, -0.2) is 46.0 Å². The molecule has 0 bridgehead atoms. The number of anilines is 1. The number of halogens is 1. The van der Waals surface area contributed by atoms with Gasteiger partial charge in [-0.3, -0.25) is 4.98 Å². The van der Waals surface area contributed by atoms with Crippen molar-refractivity contribution < 1.29 is 24.1 Å². The van der Waals surface area contributed by atoms with Crippen LogP contribution in [0.1, 0.15) is 16.8 Å². The van der Waals surface area contributed by atoms with Crippen LogP contribution in [0.15, 0.2) is 66.9 Å². The van der Waals surface area contributed by atoms with Gasteiger partial charge < -0.3 is 25.6 Å². The highest BCUT2D eigenvalue weighted by Gasteiger charge is 2.43. The van der Waals surface area contributed by atoms with E-state index in [4.69, 9.17) is 10.5 Å². The summed E-state index contributed by atoms with van der Waals surface area (Å²) in [6.07, 6.45) is 2.24. The van der Waals surface area contributed by atoms with E-state index in [2.05, 4.69) is 22.0 Å². The second kappa shape index (κ2) is 9.56. The number of nitrogens with two attached hydrogens (primary N) is 1. The van der Waals surface area contributed by atoms with Crippen LogP contribution in [0.25, 0.3) is 0 Å². The molecule has 0 radical (unpaired) electrons. The van der Waals surface area contributed by atoms with Crippen molar-refractivity contribution in [2.45, 2.75) is 31.0 Å². The van der Waals surface area contributed by atoms with Crippen molar-refractivity contribution >= 4 is 11.7 Å². The zero-order valence-corrected chi connectivity index (χ0v) is 18.0. The van der Waals surface area contributed by atoms with E-state index in [-0.39, 0.29) is 13.0 Å². The van der Waals surface area contributed by atoms with Gasteiger partial charge in [0, 0.05) is 37.1 Å². The van der Waals surface area contributed by atoms with Crippen LogP contribution in [-0.2, 0) is 24.2 Å². The normalized spacial score (nSPS) is 15.9. The second-order valence-electron chi connectivity index (χ2n) is 8.22. The van der Waals surface area contributed by atoms with Crippen LogP contribution in [0.2, 0.25) is 0 Å². The first kappa shape index (κ1) is 22.7. The zero-order chi connectivity index (χ0) is 23.4. The van der Waals surface area contributed by atoms with Crippen molar-refractivity contribution in [3.63, 3.8) is 0 Å². The summed E-state index contributed by atoms with van der Waals surface area (Å²) in [6.45, 7) is 1.31. The predicted octanol–water partition coefficient (Wildman–Crippen LogP) is 2.55. The van der Waals surface area contributed by atoms with Crippen LogP contribution in [0.4, 0.5) is 10.1 Å². The third-order valence-corrected chi connectivity index (χ3v) is 5.97. The van der Waals surface area contributed by atoms with E-state index in [1.807, 2.05) is 18.2 Å². The topological polar surface area (TPSA) is 109 Å². The van der Waals surface area contributed by atoms with E-state index in [1.165, 1.54) is 35.4 Å². The highest BCUT2D eigenvalue weighted by Crippen LogP contribution is 2.26. The summed E-state index contributed by atoms with van der Waals surface area (Å²) in [7, 11) is 0. The Bertz CT molecular complexity index is 1120. The highest BCUT2D eigenvalue weighted by molar-refractivity contribution is 5.78. The van der Waals surface area contributed by atoms with Crippen LogP contribution < -0.4 is 15.4 Å². The molecule has 7 nitrogen and oxygen atoms in total. The Kier molecular flexibility index (Phi) is 6.57. The van der Waals surface area contributed by atoms with Gasteiger partial charge in [0.2, 0.25) is 0 Å². The molecule has 1 aromatic heterocycles. The molecule has 0 saturated heterocycles. The number of carboxylic acids is 1. The summed E-state index contributed by atoms with van der Waals surface area (Å²) in [5, 5.41) is 20.7. The van der Waals surface area contributed by atoms with Gasteiger partial charge in [-0.1, -0.05) is 24.3 Å². The number of aliphatic hydroxyl groups is 1. The molecule has 4 rings (SSSR count). The fourth-order valence-electron chi connectivity index (χ4n) is 3.97. The Hall–Kier alpha value is -3.49. The summed E-state index contributed by atoms with van der Waals surface area (Å²) in [5.41, 5.74) is 7.65. The summed E-state index contributed by atoms with van der Waals surface area (Å²) < 4.78 is 18.5. The molecular weight excluding hydrogens is 425 g/mol. The van der Waals surface area contributed by atoms with Gasteiger partial charge in [0.25, 0.3) is 0 Å². The number of pyridine rings is 1. The number of rotatable bonds is 8. The number of carboxylic acid groups (broad SMARTS) is 1. The molecule has 4 N–H and O–H groups in total. The van der Waals surface area contributed by atoms with Crippen LogP contribution in [0.3, 0.4) is 0 Å². The Morgan fingerprint density at radius 3 is 2.64 bits per heavy atom. The molecule has 2 atom stereocenters. The third kappa shape index (κ3) is 5.13. The fourth-order valence-corrected chi connectivity index (χ4v) is 3.97. The van der Waals surface area contributed by atoms with Gasteiger partial charge in [-0.25, -0.2) is 9.18 Å². The lowest BCUT2D eigenvalue weighted by atomic mass is 9.89. The van der Waals surface area contributed by atoms with Crippen molar-refractivity contribution in [2.24, 2.45) is 5.73 Å². The Balaban J connectivity index is 1.47. The second-order valence-corrected chi connectivity index (χ2v) is 8.22. The summed E-state index contributed by atoms with van der Waals surface area (Å²) >= 11 is 0. The van der Waals surface area contributed by atoms with Crippen LogP contribution in [0.5, 0.6) is 5.75 Å². The maximum Gasteiger partial charge on any atom is 0.337 e. The molecule has 8 heteroatoms. The molecule has 172 valence electrons. The molecule has 0 saturated carbocycles. The van der Waals surface area contributed by atoms with Crippen LogP contribution in [0, 0.1) is 5.82 Å². The van der Waals surface area contributed by atoms with Gasteiger partial charge in [0.05, 0.1) is 6.04 Å². The predicted molar refractivity (Wildman–Crippen MR) is 122 cm³/mol. The number of ether oxygens (including phenoxy) is 1. The number of nitrogens with zero attached hydrogens (tertiary/aromatic N) is 2. The molecule has 0 spiro atoms. The van der Waals surface area contributed by atoms with E-state index < -0.39 is 23.4 Å². The molecule has 0 fully saturated rings. The first-order valence-corrected chi connectivity index (χ1v) is 10.7. The Morgan fingerprint density at radius 2 is 1.91 bits per heavy atom. The van der Waals surface area contributed by atoms with Crippen LogP contribution >= 0.6 is 0 Å². The lowest BCUT2D eigenvalue weighted by molar-refractivity contribution is -0.161. The maximum atomic E-state index is 13.1. The third-order valence-electron chi connectivity index (χ3n) is 5.97. The maximum absolute atomic E-state index is 13.1. The van der Waals surface area contributed by atoms with E-state index in [1.54, 1.807) is 12.3 Å². The van der Waals surface area contributed by atoms with Gasteiger partial charge in [-0.15, -0.1) is 0 Å². The minimum Gasteiger partial charge on any atom is -0.492 e. The monoisotopic (exact) mass is 451 g/mol. The lowest BCUT2D eigenvalue weighted by Crippen LogP contribution is -2.58. The first-order valence-electron chi connectivity index (χ1n) is 10.7. The summed E-state index contributed by atoms with van der Waals surface area (Å²) in [5.74, 6) is -1.56. The number of hydrogen-bond donors (Lipinski definition) is 3. The van der Waals surface area contributed by atoms with Crippen molar-refractivity contribution in [3.8, 4) is 5.75 Å². The van der Waals surface area contributed by atoms with E-state index in [0.29, 0.717) is 11.4 Å². The number of benzene rings is 2. The Labute approximate surface area is 191 Å². The minimum atomic E-state index is -2.29. The largest absolute Gasteiger partial charge is 0.492 e. The molecular formula is C25H26FN3O4. The van der Waals surface area contributed by atoms with Crippen molar-refractivity contribution in [1.29, 1.82) is 0 Å². The van der Waals surface area contributed by atoms with Crippen molar-refractivity contribution in [1.82, 2.24) is 4.98 Å². The quantitative estimate of drug-likeness (QED) is 0.483. The first-order chi connectivity index (χ1) is 15.8. The molecule has 33 heavy (non-hydrogen) atoms. The summed E-state index contributed by atoms with van der Waals surface area (Å²) in [4.78, 5) is 18.4. The average Bonchev–Trinajstić information content (AvgIpc) is 2.83.